The minimum absolute atomic E-state index is 0.117. The van der Waals surface area contributed by atoms with Gasteiger partial charge < -0.3 is 10.8 Å². The van der Waals surface area contributed by atoms with Crippen molar-refractivity contribution in [3.05, 3.63) is 0 Å². The lowest BCUT2D eigenvalue weighted by atomic mass is 10.1. The van der Waals surface area contributed by atoms with Gasteiger partial charge in [-0.2, -0.15) is 0 Å². The fourth-order valence-corrected chi connectivity index (χ4v) is 1.76. The Morgan fingerprint density at radius 2 is 1.75 bits per heavy atom. The molecule has 3 N–H and O–H groups in total. The van der Waals surface area contributed by atoms with Gasteiger partial charge in [0.1, 0.15) is 0 Å². The molecular weight excluding hydrogens is 204 g/mol. The SMILES string of the molecule is CCCCCCCCN(CCN)CC(=O)O. The second-order valence-electron chi connectivity index (χ2n) is 4.23. The molecule has 0 radical (unpaired) electrons. The Bertz CT molecular complexity index is 174. The summed E-state index contributed by atoms with van der Waals surface area (Å²) < 4.78 is 0. The fourth-order valence-electron chi connectivity index (χ4n) is 1.76. The van der Waals surface area contributed by atoms with Crippen molar-refractivity contribution in [3.8, 4) is 0 Å². The van der Waals surface area contributed by atoms with Gasteiger partial charge in [0.05, 0.1) is 6.54 Å². The molecule has 0 amide bonds. The number of hydrogen-bond acceptors (Lipinski definition) is 3. The predicted octanol–water partition coefficient (Wildman–Crippen LogP) is 1.69. The van der Waals surface area contributed by atoms with E-state index in [2.05, 4.69) is 6.92 Å². The number of hydrogen-bond donors (Lipinski definition) is 2. The fraction of sp³-hybridized carbons (Fsp3) is 0.917. The summed E-state index contributed by atoms with van der Waals surface area (Å²) in [7, 11) is 0. The van der Waals surface area contributed by atoms with Crippen LogP contribution in [0, 0.1) is 0 Å². The van der Waals surface area contributed by atoms with Crippen molar-refractivity contribution < 1.29 is 9.90 Å². The molecule has 0 aromatic rings. The van der Waals surface area contributed by atoms with Crippen LogP contribution in [0.5, 0.6) is 0 Å². The van der Waals surface area contributed by atoms with Gasteiger partial charge in [-0.1, -0.05) is 39.0 Å². The van der Waals surface area contributed by atoms with Gasteiger partial charge in [0.2, 0.25) is 0 Å². The molecule has 0 aliphatic rings. The zero-order valence-electron chi connectivity index (χ0n) is 10.5. The topological polar surface area (TPSA) is 66.6 Å². The molecule has 0 saturated heterocycles. The first-order chi connectivity index (χ1) is 7.70. The first-order valence-corrected chi connectivity index (χ1v) is 6.35. The van der Waals surface area contributed by atoms with Gasteiger partial charge in [-0.3, -0.25) is 9.69 Å². The molecule has 0 spiro atoms. The standard InChI is InChI=1S/C12H26N2O2/c1-2-3-4-5-6-7-9-14(10-8-13)11-12(15)16/h2-11,13H2,1H3,(H,15,16). The van der Waals surface area contributed by atoms with E-state index >= 15 is 0 Å². The van der Waals surface area contributed by atoms with Crippen molar-refractivity contribution in [2.45, 2.75) is 45.4 Å². The largest absolute Gasteiger partial charge is 0.480 e. The Kier molecular flexibility index (Phi) is 10.5. The number of carboxylic acid groups (broad SMARTS) is 1. The maximum atomic E-state index is 10.6. The highest BCUT2D eigenvalue weighted by Gasteiger charge is 2.07. The maximum Gasteiger partial charge on any atom is 0.317 e. The number of carboxylic acids is 1. The molecular formula is C12H26N2O2. The lowest BCUT2D eigenvalue weighted by Gasteiger charge is -2.18. The molecule has 96 valence electrons. The maximum absolute atomic E-state index is 10.6. The average Bonchev–Trinajstić information content (AvgIpc) is 2.22. The third-order valence-corrected chi connectivity index (χ3v) is 2.63. The molecule has 0 aliphatic heterocycles. The Labute approximate surface area is 98.8 Å². The zero-order chi connectivity index (χ0) is 12.2. The molecule has 4 nitrogen and oxygen atoms in total. The minimum Gasteiger partial charge on any atom is -0.480 e. The lowest BCUT2D eigenvalue weighted by molar-refractivity contribution is -0.138. The van der Waals surface area contributed by atoms with E-state index in [4.69, 9.17) is 10.8 Å². The smallest absolute Gasteiger partial charge is 0.317 e. The average molecular weight is 230 g/mol. The number of nitrogens with zero attached hydrogens (tertiary/aromatic N) is 1. The second-order valence-corrected chi connectivity index (χ2v) is 4.23. The van der Waals surface area contributed by atoms with Crippen LogP contribution in [-0.2, 0) is 4.79 Å². The van der Waals surface area contributed by atoms with Crippen molar-refractivity contribution in [3.63, 3.8) is 0 Å². The first kappa shape index (κ1) is 15.4. The van der Waals surface area contributed by atoms with Crippen LogP contribution in [0.4, 0.5) is 0 Å². The lowest BCUT2D eigenvalue weighted by Crippen LogP contribution is -2.34. The highest BCUT2D eigenvalue weighted by Crippen LogP contribution is 2.05. The molecule has 0 atom stereocenters. The van der Waals surface area contributed by atoms with E-state index in [0.717, 1.165) is 13.0 Å². The number of rotatable bonds is 11. The van der Waals surface area contributed by atoms with Crippen molar-refractivity contribution in [2.75, 3.05) is 26.2 Å². The van der Waals surface area contributed by atoms with E-state index in [1.165, 1.54) is 32.1 Å². The zero-order valence-corrected chi connectivity index (χ0v) is 10.5. The van der Waals surface area contributed by atoms with E-state index < -0.39 is 5.97 Å². The summed E-state index contributed by atoms with van der Waals surface area (Å²) in [4.78, 5) is 12.5. The molecule has 0 unspecified atom stereocenters. The van der Waals surface area contributed by atoms with Crippen molar-refractivity contribution in [1.82, 2.24) is 4.90 Å². The summed E-state index contributed by atoms with van der Waals surface area (Å²) in [5.41, 5.74) is 5.44. The Hall–Kier alpha value is -0.610. The molecule has 4 heteroatoms. The van der Waals surface area contributed by atoms with Crippen LogP contribution in [-0.4, -0.2) is 42.2 Å². The van der Waals surface area contributed by atoms with E-state index in [1.807, 2.05) is 4.90 Å². The van der Waals surface area contributed by atoms with Gasteiger partial charge in [-0.15, -0.1) is 0 Å². The summed E-state index contributed by atoms with van der Waals surface area (Å²) in [5, 5.41) is 8.70. The minimum atomic E-state index is -0.764. The van der Waals surface area contributed by atoms with E-state index in [-0.39, 0.29) is 6.54 Å². The molecule has 0 saturated carbocycles. The van der Waals surface area contributed by atoms with Gasteiger partial charge in [0, 0.05) is 13.1 Å². The first-order valence-electron chi connectivity index (χ1n) is 6.35. The molecule has 0 heterocycles. The van der Waals surface area contributed by atoms with Gasteiger partial charge >= 0.3 is 5.97 Å². The summed E-state index contributed by atoms with van der Waals surface area (Å²) in [6, 6.07) is 0. The number of unbranched alkanes of at least 4 members (excludes halogenated alkanes) is 5. The molecule has 0 aromatic carbocycles. The molecule has 0 rings (SSSR count). The summed E-state index contributed by atoms with van der Waals surface area (Å²) >= 11 is 0. The molecule has 0 bridgehead atoms. The number of nitrogens with two attached hydrogens (primary N) is 1. The van der Waals surface area contributed by atoms with Crippen LogP contribution < -0.4 is 5.73 Å². The van der Waals surface area contributed by atoms with E-state index in [1.54, 1.807) is 0 Å². The van der Waals surface area contributed by atoms with E-state index in [0.29, 0.717) is 13.1 Å². The van der Waals surface area contributed by atoms with Crippen LogP contribution in [0.1, 0.15) is 45.4 Å². The van der Waals surface area contributed by atoms with Crippen LogP contribution >= 0.6 is 0 Å². The third-order valence-electron chi connectivity index (χ3n) is 2.63. The summed E-state index contributed by atoms with van der Waals surface area (Å²) in [6.45, 7) is 4.39. The van der Waals surface area contributed by atoms with Gasteiger partial charge in [-0.25, -0.2) is 0 Å². The highest BCUT2D eigenvalue weighted by molar-refractivity contribution is 5.69. The molecule has 0 aliphatic carbocycles. The van der Waals surface area contributed by atoms with Gasteiger partial charge in [0.25, 0.3) is 0 Å². The molecule has 0 fully saturated rings. The van der Waals surface area contributed by atoms with Crippen LogP contribution in [0.25, 0.3) is 0 Å². The van der Waals surface area contributed by atoms with Crippen LogP contribution in [0.3, 0.4) is 0 Å². The highest BCUT2D eigenvalue weighted by atomic mass is 16.4. The molecule has 0 aromatic heterocycles. The summed E-state index contributed by atoms with van der Waals surface area (Å²) in [5.74, 6) is -0.764. The van der Waals surface area contributed by atoms with Gasteiger partial charge in [-0.05, 0) is 13.0 Å². The van der Waals surface area contributed by atoms with Gasteiger partial charge in [0.15, 0.2) is 0 Å². The Morgan fingerprint density at radius 3 is 2.31 bits per heavy atom. The number of aliphatic carboxylic acids is 1. The Balaban J connectivity index is 3.47. The van der Waals surface area contributed by atoms with Crippen molar-refractivity contribution in [2.24, 2.45) is 5.73 Å². The quantitative estimate of drug-likeness (QED) is 0.530. The third kappa shape index (κ3) is 9.93. The second kappa shape index (κ2) is 10.9. The van der Waals surface area contributed by atoms with Crippen LogP contribution in [0.2, 0.25) is 0 Å². The summed E-state index contributed by atoms with van der Waals surface area (Å²) in [6.07, 6.45) is 7.40. The molecule has 16 heavy (non-hydrogen) atoms. The normalized spacial score (nSPS) is 10.9. The van der Waals surface area contributed by atoms with E-state index in [9.17, 15) is 4.79 Å². The predicted molar refractivity (Wildman–Crippen MR) is 66.5 cm³/mol. The number of carbonyl (C=O) groups is 1. The van der Waals surface area contributed by atoms with Crippen LogP contribution in [0.15, 0.2) is 0 Å². The van der Waals surface area contributed by atoms with Crippen molar-refractivity contribution in [1.29, 1.82) is 0 Å². The monoisotopic (exact) mass is 230 g/mol. The van der Waals surface area contributed by atoms with Crippen molar-refractivity contribution >= 4 is 5.97 Å². The Morgan fingerprint density at radius 1 is 1.12 bits per heavy atom.